The number of pyridine rings is 1. The number of nitrogens with one attached hydrogen (secondary N) is 1. The molecule has 70 valence electrons. The van der Waals surface area contributed by atoms with E-state index in [-0.39, 0.29) is 0 Å². The minimum absolute atomic E-state index is 0.595. The molecule has 13 heavy (non-hydrogen) atoms. The highest BCUT2D eigenvalue weighted by molar-refractivity contribution is 5.76. The first-order chi connectivity index (χ1) is 6.11. The van der Waals surface area contributed by atoms with Gasteiger partial charge >= 0.3 is 5.97 Å². The molecule has 0 fully saturated rings. The Morgan fingerprint density at radius 2 is 2.38 bits per heavy atom. The van der Waals surface area contributed by atoms with Crippen molar-refractivity contribution in [3.8, 4) is 0 Å². The zero-order valence-corrected chi connectivity index (χ0v) is 7.61. The molecule has 0 spiro atoms. The van der Waals surface area contributed by atoms with Crippen molar-refractivity contribution in [3.63, 3.8) is 0 Å². The SMILES string of the molecule is Cc1ccncc1NC(C)C(=O)O. The molecule has 1 heterocycles. The third-order valence-corrected chi connectivity index (χ3v) is 1.78. The molecule has 2 N–H and O–H groups in total. The highest BCUT2D eigenvalue weighted by Crippen LogP contribution is 2.12. The fourth-order valence-electron chi connectivity index (χ4n) is 0.910. The molecule has 0 aliphatic rings. The minimum atomic E-state index is -0.872. The molecule has 0 aliphatic carbocycles. The molecule has 1 atom stereocenters. The van der Waals surface area contributed by atoms with E-state index >= 15 is 0 Å². The van der Waals surface area contributed by atoms with Crippen LogP contribution in [-0.4, -0.2) is 22.1 Å². The summed E-state index contributed by atoms with van der Waals surface area (Å²) in [6, 6.07) is 1.24. The monoisotopic (exact) mass is 180 g/mol. The number of nitrogens with zero attached hydrogens (tertiary/aromatic N) is 1. The van der Waals surface area contributed by atoms with Crippen molar-refractivity contribution in [1.29, 1.82) is 0 Å². The van der Waals surface area contributed by atoms with Gasteiger partial charge in [-0.3, -0.25) is 9.78 Å². The quantitative estimate of drug-likeness (QED) is 0.735. The van der Waals surface area contributed by atoms with Crippen LogP contribution in [0.3, 0.4) is 0 Å². The Balaban J connectivity index is 2.74. The molecule has 4 nitrogen and oxygen atoms in total. The predicted molar refractivity (Wildman–Crippen MR) is 49.7 cm³/mol. The van der Waals surface area contributed by atoms with Crippen molar-refractivity contribution in [2.24, 2.45) is 0 Å². The molecule has 0 radical (unpaired) electrons. The topological polar surface area (TPSA) is 62.2 Å². The maximum absolute atomic E-state index is 10.5. The maximum Gasteiger partial charge on any atom is 0.325 e. The maximum atomic E-state index is 10.5. The Hall–Kier alpha value is -1.58. The van der Waals surface area contributed by atoms with Gasteiger partial charge in [0.2, 0.25) is 0 Å². The van der Waals surface area contributed by atoms with Crippen LogP contribution in [0.1, 0.15) is 12.5 Å². The van der Waals surface area contributed by atoms with Crippen LogP contribution in [-0.2, 0) is 4.79 Å². The van der Waals surface area contributed by atoms with Gasteiger partial charge in [-0.05, 0) is 25.5 Å². The fraction of sp³-hybridized carbons (Fsp3) is 0.333. The molecule has 0 aliphatic heterocycles. The molecular formula is C9H12N2O2. The highest BCUT2D eigenvalue weighted by Gasteiger charge is 2.10. The van der Waals surface area contributed by atoms with Gasteiger partial charge in [0.05, 0.1) is 11.9 Å². The number of hydrogen-bond donors (Lipinski definition) is 2. The Morgan fingerprint density at radius 1 is 1.69 bits per heavy atom. The summed E-state index contributed by atoms with van der Waals surface area (Å²) in [5.41, 5.74) is 1.75. The van der Waals surface area contributed by atoms with Crippen molar-refractivity contribution in [2.75, 3.05) is 5.32 Å². The Bertz CT molecular complexity index is 312. The second-order valence-corrected chi connectivity index (χ2v) is 2.89. The third kappa shape index (κ3) is 2.43. The molecule has 0 aromatic carbocycles. The number of hydrogen-bond acceptors (Lipinski definition) is 3. The second-order valence-electron chi connectivity index (χ2n) is 2.89. The van der Waals surface area contributed by atoms with E-state index < -0.39 is 12.0 Å². The van der Waals surface area contributed by atoms with E-state index in [0.29, 0.717) is 0 Å². The Kier molecular flexibility index (Phi) is 2.84. The summed E-state index contributed by atoms with van der Waals surface area (Å²) in [6.45, 7) is 3.49. The van der Waals surface area contributed by atoms with Gasteiger partial charge in [-0.15, -0.1) is 0 Å². The average Bonchev–Trinajstić information content (AvgIpc) is 2.08. The van der Waals surface area contributed by atoms with Crippen molar-refractivity contribution in [2.45, 2.75) is 19.9 Å². The summed E-state index contributed by atoms with van der Waals surface area (Å²) >= 11 is 0. The summed E-state index contributed by atoms with van der Waals surface area (Å²) in [4.78, 5) is 14.4. The van der Waals surface area contributed by atoms with Gasteiger partial charge < -0.3 is 10.4 Å². The Morgan fingerprint density at radius 3 is 2.92 bits per heavy atom. The lowest BCUT2D eigenvalue weighted by atomic mass is 10.2. The molecule has 0 bridgehead atoms. The number of carboxylic acid groups (broad SMARTS) is 1. The van der Waals surface area contributed by atoms with Crippen molar-refractivity contribution in [1.82, 2.24) is 4.98 Å². The van der Waals surface area contributed by atoms with Crippen LogP contribution < -0.4 is 5.32 Å². The highest BCUT2D eigenvalue weighted by atomic mass is 16.4. The first kappa shape index (κ1) is 9.51. The van der Waals surface area contributed by atoms with Gasteiger partial charge in [-0.1, -0.05) is 0 Å². The summed E-state index contributed by atoms with van der Waals surface area (Å²) in [7, 11) is 0. The number of carboxylic acids is 1. The minimum Gasteiger partial charge on any atom is -0.480 e. The molecule has 1 aromatic rings. The number of carbonyl (C=O) groups is 1. The van der Waals surface area contributed by atoms with Crippen LogP contribution in [0.4, 0.5) is 5.69 Å². The van der Waals surface area contributed by atoms with Crippen LogP contribution in [0.15, 0.2) is 18.5 Å². The number of aryl methyl sites for hydroxylation is 1. The summed E-state index contributed by atoms with van der Waals surface area (Å²) in [5, 5.41) is 11.5. The molecule has 1 unspecified atom stereocenters. The molecule has 0 saturated carbocycles. The Labute approximate surface area is 76.6 Å². The predicted octanol–water partition coefficient (Wildman–Crippen LogP) is 1.28. The van der Waals surface area contributed by atoms with E-state index in [4.69, 9.17) is 5.11 Å². The van der Waals surface area contributed by atoms with Gasteiger partial charge in [0, 0.05) is 6.20 Å². The van der Waals surface area contributed by atoms with Crippen LogP contribution in [0.5, 0.6) is 0 Å². The number of aromatic nitrogens is 1. The molecule has 1 aromatic heterocycles. The van der Waals surface area contributed by atoms with Gasteiger partial charge in [-0.25, -0.2) is 0 Å². The van der Waals surface area contributed by atoms with Crippen molar-refractivity contribution >= 4 is 11.7 Å². The summed E-state index contributed by atoms with van der Waals surface area (Å²) in [6.07, 6.45) is 3.29. The standard InChI is InChI=1S/C9H12N2O2/c1-6-3-4-10-5-8(6)11-7(2)9(12)13/h3-5,7,11H,1-2H3,(H,12,13). The van der Waals surface area contributed by atoms with E-state index in [0.717, 1.165) is 11.3 Å². The van der Waals surface area contributed by atoms with E-state index in [9.17, 15) is 4.79 Å². The second kappa shape index (κ2) is 3.89. The van der Waals surface area contributed by atoms with Crippen molar-refractivity contribution < 1.29 is 9.90 Å². The summed E-state index contributed by atoms with van der Waals surface area (Å²) in [5.74, 6) is -0.872. The van der Waals surface area contributed by atoms with Gasteiger partial charge in [0.15, 0.2) is 0 Å². The van der Waals surface area contributed by atoms with Crippen LogP contribution >= 0.6 is 0 Å². The molecule has 0 amide bonds. The normalized spacial score (nSPS) is 12.2. The largest absolute Gasteiger partial charge is 0.480 e. The lowest BCUT2D eigenvalue weighted by Crippen LogP contribution is -2.25. The van der Waals surface area contributed by atoms with Gasteiger partial charge in [0.25, 0.3) is 0 Å². The van der Waals surface area contributed by atoms with Crippen LogP contribution in [0.25, 0.3) is 0 Å². The lowest BCUT2D eigenvalue weighted by molar-refractivity contribution is -0.137. The van der Waals surface area contributed by atoms with E-state index in [1.54, 1.807) is 19.3 Å². The number of anilines is 1. The summed E-state index contributed by atoms with van der Waals surface area (Å²) < 4.78 is 0. The zero-order valence-electron chi connectivity index (χ0n) is 7.61. The number of rotatable bonds is 3. The van der Waals surface area contributed by atoms with E-state index in [2.05, 4.69) is 10.3 Å². The number of aliphatic carboxylic acids is 1. The first-order valence-electron chi connectivity index (χ1n) is 4.01. The van der Waals surface area contributed by atoms with Crippen LogP contribution in [0, 0.1) is 6.92 Å². The van der Waals surface area contributed by atoms with Gasteiger partial charge in [-0.2, -0.15) is 0 Å². The molecular weight excluding hydrogens is 168 g/mol. The van der Waals surface area contributed by atoms with Crippen molar-refractivity contribution in [3.05, 3.63) is 24.0 Å². The lowest BCUT2D eigenvalue weighted by Gasteiger charge is -2.11. The smallest absolute Gasteiger partial charge is 0.325 e. The van der Waals surface area contributed by atoms with Gasteiger partial charge in [0.1, 0.15) is 6.04 Å². The zero-order chi connectivity index (χ0) is 9.84. The first-order valence-corrected chi connectivity index (χ1v) is 4.01. The van der Waals surface area contributed by atoms with E-state index in [1.165, 1.54) is 0 Å². The van der Waals surface area contributed by atoms with Crippen LogP contribution in [0.2, 0.25) is 0 Å². The third-order valence-electron chi connectivity index (χ3n) is 1.78. The molecule has 0 saturated heterocycles. The van der Waals surface area contributed by atoms with E-state index in [1.807, 2.05) is 13.0 Å². The average molecular weight is 180 g/mol. The molecule has 1 rings (SSSR count). The fourth-order valence-corrected chi connectivity index (χ4v) is 0.910. The molecule has 4 heteroatoms.